The summed E-state index contributed by atoms with van der Waals surface area (Å²) >= 11 is 0. The molecule has 1 aromatic rings. The van der Waals surface area contributed by atoms with E-state index in [1.807, 2.05) is 0 Å². The standard InChI is InChI=1S/C13H18N2O4/c16-13(17)11-7-12-15(14-11)8-10(19-12)2-1-9-3-5-18-6-4-9/h7,9-10H,1-6,8H2,(H,16,17). The molecule has 3 heterocycles. The number of carbonyl (C=O) groups is 1. The number of ether oxygens (including phenoxy) is 2. The normalized spacial score (nSPS) is 23.1. The Balaban J connectivity index is 1.50. The molecule has 19 heavy (non-hydrogen) atoms. The van der Waals surface area contributed by atoms with Gasteiger partial charge in [-0.1, -0.05) is 0 Å². The summed E-state index contributed by atoms with van der Waals surface area (Å²) < 4.78 is 12.7. The molecule has 0 bridgehead atoms. The maximum absolute atomic E-state index is 10.8. The molecular weight excluding hydrogens is 248 g/mol. The van der Waals surface area contributed by atoms with E-state index >= 15 is 0 Å². The minimum Gasteiger partial charge on any atom is -0.476 e. The molecule has 2 aliphatic rings. The van der Waals surface area contributed by atoms with Gasteiger partial charge >= 0.3 is 5.97 Å². The van der Waals surface area contributed by atoms with E-state index in [1.54, 1.807) is 4.68 Å². The molecule has 1 saturated heterocycles. The third kappa shape index (κ3) is 2.73. The topological polar surface area (TPSA) is 73.6 Å². The average molecular weight is 266 g/mol. The molecule has 0 aliphatic carbocycles. The Kier molecular flexibility index (Phi) is 3.42. The van der Waals surface area contributed by atoms with E-state index in [0.717, 1.165) is 44.8 Å². The highest BCUT2D eigenvalue weighted by molar-refractivity contribution is 5.85. The molecule has 6 nitrogen and oxygen atoms in total. The number of rotatable bonds is 4. The van der Waals surface area contributed by atoms with Gasteiger partial charge in [-0.15, -0.1) is 0 Å². The van der Waals surface area contributed by atoms with E-state index in [1.165, 1.54) is 6.07 Å². The Morgan fingerprint density at radius 2 is 2.21 bits per heavy atom. The first-order valence-electron chi connectivity index (χ1n) is 6.78. The SMILES string of the molecule is O=C(O)c1cc2n(n1)CC(CCC1CCOCC1)O2. The van der Waals surface area contributed by atoms with Crippen molar-refractivity contribution in [3.63, 3.8) is 0 Å². The molecule has 0 spiro atoms. The predicted molar refractivity (Wildman–Crippen MR) is 66.4 cm³/mol. The lowest BCUT2D eigenvalue weighted by Gasteiger charge is -2.22. The molecular formula is C13H18N2O4. The van der Waals surface area contributed by atoms with Gasteiger partial charge in [-0.05, 0) is 31.6 Å². The van der Waals surface area contributed by atoms with Crippen molar-refractivity contribution in [2.45, 2.75) is 38.3 Å². The van der Waals surface area contributed by atoms with Crippen molar-refractivity contribution >= 4 is 5.97 Å². The van der Waals surface area contributed by atoms with Gasteiger partial charge in [-0.2, -0.15) is 5.10 Å². The van der Waals surface area contributed by atoms with Crippen LogP contribution in [0.3, 0.4) is 0 Å². The summed E-state index contributed by atoms with van der Waals surface area (Å²) in [6, 6.07) is 1.50. The lowest BCUT2D eigenvalue weighted by atomic mass is 9.93. The Labute approximate surface area is 111 Å². The second kappa shape index (κ2) is 5.21. The Morgan fingerprint density at radius 1 is 1.42 bits per heavy atom. The number of fused-ring (bicyclic) bond motifs is 1. The van der Waals surface area contributed by atoms with Crippen LogP contribution in [0.5, 0.6) is 5.88 Å². The molecule has 2 aliphatic heterocycles. The Bertz CT molecular complexity index is 442. The summed E-state index contributed by atoms with van der Waals surface area (Å²) in [5.41, 5.74) is 0.0536. The van der Waals surface area contributed by atoms with Crippen LogP contribution in [0.15, 0.2) is 6.07 Å². The van der Waals surface area contributed by atoms with Gasteiger partial charge in [0.2, 0.25) is 5.88 Å². The molecule has 1 atom stereocenters. The zero-order valence-corrected chi connectivity index (χ0v) is 10.7. The summed E-state index contributed by atoms with van der Waals surface area (Å²) in [7, 11) is 0. The van der Waals surface area contributed by atoms with Crippen LogP contribution in [0.25, 0.3) is 0 Å². The highest BCUT2D eigenvalue weighted by Gasteiger charge is 2.27. The van der Waals surface area contributed by atoms with E-state index < -0.39 is 5.97 Å². The van der Waals surface area contributed by atoms with Crippen molar-refractivity contribution in [2.75, 3.05) is 13.2 Å². The van der Waals surface area contributed by atoms with Crippen LogP contribution < -0.4 is 4.74 Å². The number of aromatic carboxylic acids is 1. The van der Waals surface area contributed by atoms with Gasteiger partial charge in [-0.25, -0.2) is 9.48 Å². The number of carboxylic acids is 1. The summed E-state index contributed by atoms with van der Waals surface area (Å²) in [5.74, 6) is 0.304. The van der Waals surface area contributed by atoms with Crippen molar-refractivity contribution in [2.24, 2.45) is 5.92 Å². The molecule has 0 amide bonds. The van der Waals surface area contributed by atoms with Gasteiger partial charge in [0, 0.05) is 19.3 Å². The molecule has 1 unspecified atom stereocenters. The molecule has 0 saturated carbocycles. The van der Waals surface area contributed by atoms with Crippen molar-refractivity contribution in [1.82, 2.24) is 9.78 Å². The number of nitrogens with zero attached hydrogens (tertiary/aromatic N) is 2. The van der Waals surface area contributed by atoms with Crippen LogP contribution in [0.1, 0.15) is 36.2 Å². The van der Waals surface area contributed by atoms with Crippen molar-refractivity contribution in [3.05, 3.63) is 11.8 Å². The summed E-state index contributed by atoms with van der Waals surface area (Å²) in [6.45, 7) is 2.41. The molecule has 1 N–H and O–H groups in total. The summed E-state index contributed by atoms with van der Waals surface area (Å²) in [6.07, 6.45) is 4.55. The largest absolute Gasteiger partial charge is 0.476 e. The minimum absolute atomic E-state index is 0.0536. The number of hydrogen-bond donors (Lipinski definition) is 1. The van der Waals surface area contributed by atoms with Crippen LogP contribution in [0.4, 0.5) is 0 Å². The van der Waals surface area contributed by atoms with Gasteiger partial charge in [-0.3, -0.25) is 0 Å². The number of hydrogen-bond acceptors (Lipinski definition) is 4. The molecule has 3 rings (SSSR count). The highest BCUT2D eigenvalue weighted by Crippen LogP contribution is 2.27. The van der Waals surface area contributed by atoms with Crippen molar-refractivity contribution in [3.8, 4) is 5.88 Å². The first-order valence-corrected chi connectivity index (χ1v) is 6.78. The summed E-state index contributed by atoms with van der Waals surface area (Å²) in [5, 5.41) is 12.8. The Hall–Kier alpha value is -1.56. The van der Waals surface area contributed by atoms with Crippen LogP contribution in [0, 0.1) is 5.92 Å². The second-order valence-electron chi connectivity index (χ2n) is 5.23. The van der Waals surface area contributed by atoms with Crippen molar-refractivity contribution in [1.29, 1.82) is 0 Å². The van der Waals surface area contributed by atoms with E-state index in [4.69, 9.17) is 14.6 Å². The second-order valence-corrected chi connectivity index (χ2v) is 5.23. The van der Waals surface area contributed by atoms with Gasteiger partial charge in [0.05, 0.1) is 6.54 Å². The quantitative estimate of drug-likeness (QED) is 0.895. The molecule has 1 aromatic heterocycles. The van der Waals surface area contributed by atoms with E-state index in [9.17, 15) is 4.79 Å². The molecule has 6 heteroatoms. The van der Waals surface area contributed by atoms with Crippen LogP contribution in [-0.2, 0) is 11.3 Å². The minimum atomic E-state index is -1.01. The third-order valence-electron chi connectivity index (χ3n) is 3.86. The zero-order valence-electron chi connectivity index (χ0n) is 10.7. The molecule has 0 aromatic carbocycles. The van der Waals surface area contributed by atoms with E-state index in [0.29, 0.717) is 12.4 Å². The smallest absolute Gasteiger partial charge is 0.356 e. The van der Waals surface area contributed by atoms with E-state index in [2.05, 4.69) is 5.10 Å². The number of carboxylic acid groups (broad SMARTS) is 1. The van der Waals surface area contributed by atoms with Crippen LogP contribution in [0.2, 0.25) is 0 Å². The Morgan fingerprint density at radius 3 is 2.89 bits per heavy atom. The molecule has 1 fully saturated rings. The van der Waals surface area contributed by atoms with Gasteiger partial charge in [0.15, 0.2) is 5.69 Å². The average Bonchev–Trinajstić information content (AvgIpc) is 2.95. The van der Waals surface area contributed by atoms with Crippen LogP contribution in [-0.4, -0.2) is 40.2 Å². The fourth-order valence-corrected chi connectivity index (χ4v) is 2.74. The lowest BCUT2D eigenvalue weighted by Crippen LogP contribution is -2.20. The van der Waals surface area contributed by atoms with Crippen LogP contribution >= 0.6 is 0 Å². The molecule has 104 valence electrons. The first-order chi connectivity index (χ1) is 9.22. The maximum Gasteiger partial charge on any atom is 0.356 e. The van der Waals surface area contributed by atoms with E-state index in [-0.39, 0.29) is 11.8 Å². The van der Waals surface area contributed by atoms with Gasteiger partial charge < -0.3 is 14.6 Å². The fourth-order valence-electron chi connectivity index (χ4n) is 2.74. The van der Waals surface area contributed by atoms with Crippen molar-refractivity contribution < 1.29 is 19.4 Å². The number of aromatic nitrogens is 2. The monoisotopic (exact) mass is 266 g/mol. The van der Waals surface area contributed by atoms with Gasteiger partial charge in [0.1, 0.15) is 6.10 Å². The molecule has 0 radical (unpaired) electrons. The maximum atomic E-state index is 10.8. The predicted octanol–water partition coefficient (Wildman–Crippen LogP) is 1.55. The highest BCUT2D eigenvalue weighted by atomic mass is 16.5. The fraction of sp³-hybridized carbons (Fsp3) is 0.692. The lowest BCUT2D eigenvalue weighted by molar-refractivity contribution is 0.0594. The third-order valence-corrected chi connectivity index (χ3v) is 3.86. The zero-order chi connectivity index (χ0) is 13.2. The first kappa shape index (κ1) is 12.5. The van der Waals surface area contributed by atoms with Gasteiger partial charge in [0.25, 0.3) is 0 Å². The summed E-state index contributed by atoms with van der Waals surface area (Å²) in [4.78, 5) is 10.8.